The Morgan fingerprint density at radius 3 is 2.69 bits per heavy atom. The standard InChI is InChI=1S/C20H15N5O4/c26-19-15(20(27)28)11-21-18(23-19)14-6-7-17(16(10-14)25-9-8-22-24-25)29-12-13-4-2-1-3-5-13/h1-11H,12H2,(H,27,28)(H,21,23,26). The number of H-pyrrole nitrogens is 1. The first kappa shape index (κ1) is 18.1. The molecule has 0 fully saturated rings. The Labute approximate surface area is 164 Å². The van der Waals surface area contributed by atoms with Crippen LogP contribution in [-0.2, 0) is 6.61 Å². The molecule has 0 spiro atoms. The van der Waals surface area contributed by atoms with Crippen molar-refractivity contribution in [2.24, 2.45) is 0 Å². The third kappa shape index (κ3) is 3.88. The molecule has 0 saturated heterocycles. The summed E-state index contributed by atoms with van der Waals surface area (Å²) in [6.07, 6.45) is 4.24. The maximum Gasteiger partial charge on any atom is 0.342 e. The summed E-state index contributed by atoms with van der Waals surface area (Å²) >= 11 is 0. The van der Waals surface area contributed by atoms with Gasteiger partial charge < -0.3 is 14.8 Å². The number of aromatic amines is 1. The van der Waals surface area contributed by atoms with Crippen LogP contribution < -0.4 is 10.3 Å². The number of benzene rings is 2. The van der Waals surface area contributed by atoms with Crippen LogP contribution in [0.25, 0.3) is 17.1 Å². The SMILES string of the molecule is O=C(O)c1cnc(-c2ccc(OCc3ccccc3)c(-n3ccnn3)c2)[nH]c1=O. The fraction of sp³-hybridized carbons (Fsp3) is 0.0500. The zero-order valence-electron chi connectivity index (χ0n) is 15.0. The van der Waals surface area contributed by atoms with E-state index in [2.05, 4.69) is 20.3 Å². The smallest absolute Gasteiger partial charge is 0.342 e. The molecule has 4 rings (SSSR count). The number of aromatic nitrogens is 5. The number of carboxylic acid groups (broad SMARTS) is 1. The van der Waals surface area contributed by atoms with Crippen molar-refractivity contribution in [3.63, 3.8) is 0 Å². The minimum absolute atomic E-state index is 0.232. The minimum Gasteiger partial charge on any atom is -0.487 e. The molecule has 0 atom stereocenters. The van der Waals surface area contributed by atoms with E-state index in [4.69, 9.17) is 9.84 Å². The van der Waals surface area contributed by atoms with E-state index in [-0.39, 0.29) is 5.82 Å². The van der Waals surface area contributed by atoms with E-state index in [1.807, 2.05) is 30.3 Å². The summed E-state index contributed by atoms with van der Waals surface area (Å²) in [5.41, 5.74) is 1.02. The van der Waals surface area contributed by atoms with E-state index in [1.165, 1.54) is 10.9 Å². The van der Waals surface area contributed by atoms with Crippen LogP contribution in [0.1, 0.15) is 15.9 Å². The molecule has 0 amide bonds. The molecular formula is C20H15N5O4. The summed E-state index contributed by atoms with van der Waals surface area (Å²) in [5, 5.41) is 16.8. The number of aromatic carboxylic acids is 1. The van der Waals surface area contributed by atoms with Crippen molar-refractivity contribution >= 4 is 5.97 Å². The Morgan fingerprint density at radius 2 is 2.00 bits per heavy atom. The Morgan fingerprint density at radius 1 is 1.17 bits per heavy atom. The summed E-state index contributed by atoms with van der Waals surface area (Å²) < 4.78 is 7.49. The van der Waals surface area contributed by atoms with E-state index in [1.54, 1.807) is 24.4 Å². The monoisotopic (exact) mass is 389 g/mol. The van der Waals surface area contributed by atoms with Gasteiger partial charge in [-0.15, -0.1) is 5.10 Å². The van der Waals surface area contributed by atoms with Gasteiger partial charge in [0.1, 0.15) is 29.4 Å². The van der Waals surface area contributed by atoms with Gasteiger partial charge in [-0.05, 0) is 23.8 Å². The average Bonchev–Trinajstić information content (AvgIpc) is 3.27. The molecular weight excluding hydrogens is 374 g/mol. The largest absolute Gasteiger partial charge is 0.487 e. The molecule has 2 heterocycles. The van der Waals surface area contributed by atoms with Crippen LogP contribution in [0.4, 0.5) is 0 Å². The van der Waals surface area contributed by atoms with E-state index in [0.717, 1.165) is 11.8 Å². The van der Waals surface area contributed by atoms with Crippen LogP contribution in [0.2, 0.25) is 0 Å². The van der Waals surface area contributed by atoms with Crippen molar-refractivity contribution in [2.75, 3.05) is 0 Å². The molecule has 9 heteroatoms. The van der Waals surface area contributed by atoms with Gasteiger partial charge in [0.05, 0.1) is 12.4 Å². The lowest BCUT2D eigenvalue weighted by atomic mass is 10.1. The average molecular weight is 389 g/mol. The normalized spacial score (nSPS) is 10.6. The second-order valence-electron chi connectivity index (χ2n) is 6.08. The molecule has 2 aromatic heterocycles. The van der Waals surface area contributed by atoms with Gasteiger partial charge in [0.25, 0.3) is 5.56 Å². The second-order valence-corrected chi connectivity index (χ2v) is 6.08. The summed E-state index contributed by atoms with van der Waals surface area (Å²) in [5.74, 6) is -0.540. The second kappa shape index (κ2) is 7.77. The Kier molecular flexibility index (Phi) is 4.85. The molecule has 29 heavy (non-hydrogen) atoms. The molecule has 0 saturated carbocycles. The molecule has 0 aliphatic carbocycles. The van der Waals surface area contributed by atoms with Crippen molar-refractivity contribution in [1.82, 2.24) is 25.0 Å². The molecule has 0 bridgehead atoms. The molecule has 144 valence electrons. The molecule has 0 radical (unpaired) electrons. The predicted molar refractivity (Wildman–Crippen MR) is 103 cm³/mol. The summed E-state index contributed by atoms with van der Waals surface area (Å²) in [7, 11) is 0. The maximum absolute atomic E-state index is 12.0. The van der Waals surface area contributed by atoms with Crippen molar-refractivity contribution in [1.29, 1.82) is 0 Å². The number of carboxylic acids is 1. The van der Waals surface area contributed by atoms with Gasteiger partial charge in [0, 0.05) is 11.8 Å². The van der Waals surface area contributed by atoms with Crippen LogP contribution >= 0.6 is 0 Å². The Bertz CT molecular complexity index is 1200. The van der Waals surface area contributed by atoms with E-state index in [9.17, 15) is 9.59 Å². The molecule has 0 aliphatic heterocycles. The minimum atomic E-state index is -1.33. The lowest BCUT2D eigenvalue weighted by Crippen LogP contribution is -2.18. The highest BCUT2D eigenvalue weighted by Gasteiger charge is 2.14. The number of nitrogens with one attached hydrogen (secondary N) is 1. The fourth-order valence-corrected chi connectivity index (χ4v) is 2.73. The molecule has 9 nitrogen and oxygen atoms in total. The highest BCUT2D eigenvalue weighted by molar-refractivity contribution is 5.86. The molecule has 2 N–H and O–H groups in total. The molecule has 0 aliphatic rings. The number of carbonyl (C=O) groups is 1. The van der Waals surface area contributed by atoms with Crippen molar-refractivity contribution in [3.8, 4) is 22.8 Å². The zero-order chi connectivity index (χ0) is 20.2. The van der Waals surface area contributed by atoms with Crippen molar-refractivity contribution in [3.05, 3.63) is 88.6 Å². The predicted octanol–water partition coefficient (Wildman–Crippen LogP) is 2.29. The highest BCUT2D eigenvalue weighted by Crippen LogP contribution is 2.28. The van der Waals surface area contributed by atoms with Crippen LogP contribution in [0, 0.1) is 0 Å². The van der Waals surface area contributed by atoms with Crippen LogP contribution in [0.5, 0.6) is 5.75 Å². The first-order valence-electron chi connectivity index (χ1n) is 8.62. The number of ether oxygens (including phenoxy) is 1. The van der Waals surface area contributed by atoms with Crippen LogP contribution in [-0.4, -0.2) is 36.0 Å². The number of hydrogen-bond acceptors (Lipinski definition) is 6. The number of nitrogens with zero attached hydrogens (tertiary/aromatic N) is 4. The quantitative estimate of drug-likeness (QED) is 0.519. The van der Waals surface area contributed by atoms with Gasteiger partial charge in [0.2, 0.25) is 0 Å². The summed E-state index contributed by atoms with van der Waals surface area (Å²) in [6.45, 7) is 0.365. The Hall–Kier alpha value is -4.27. The first-order chi connectivity index (χ1) is 14.1. The van der Waals surface area contributed by atoms with Crippen LogP contribution in [0.3, 0.4) is 0 Å². The Balaban J connectivity index is 1.70. The van der Waals surface area contributed by atoms with Crippen LogP contribution in [0.15, 0.2) is 71.9 Å². The van der Waals surface area contributed by atoms with E-state index in [0.29, 0.717) is 23.6 Å². The lowest BCUT2D eigenvalue weighted by Gasteiger charge is -2.13. The highest BCUT2D eigenvalue weighted by atomic mass is 16.5. The number of hydrogen-bond donors (Lipinski definition) is 2. The van der Waals surface area contributed by atoms with E-state index >= 15 is 0 Å². The zero-order valence-corrected chi connectivity index (χ0v) is 15.0. The van der Waals surface area contributed by atoms with Gasteiger partial charge in [-0.1, -0.05) is 35.5 Å². The molecule has 4 aromatic rings. The van der Waals surface area contributed by atoms with Gasteiger partial charge in [0.15, 0.2) is 0 Å². The maximum atomic E-state index is 12.0. The van der Waals surface area contributed by atoms with Gasteiger partial charge >= 0.3 is 5.97 Å². The summed E-state index contributed by atoms with van der Waals surface area (Å²) in [6, 6.07) is 14.9. The first-order valence-corrected chi connectivity index (χ1v) is 8.62. The van der Waals surface area contributed by atoms with E-state index < -0.39 is 17.1 Å². The van der Waals surface area contributed by atoms with Crippen molar-refractivity contribution < 1.29 is 14.6 Å². The van der Waals surface area contributed by atoms with Gasteiger partial charge in [-0.2, -0.15) is 0 Å². The van der Waals surface area contributed by atoms with Crippen molar-refractivity contribution in [2.45, 2.75) is 6.61 Å². The van der Waals surface area contributed by atoms with Gasteiger partial charge in [-0.3, -0.25) is 4.79 Å². The molecule has 0 unspecified atom stereocenters. The third-order valence-electron chi connectivity index (χ3n) is 4.17. The lowest BCUT2D eigenvalue weighted by molar-refractivity contribution is 0.0694. The number of rotatable bonds is 6. The summed E-state index contributed by atoms with van der Waals surface area (Å²) in [4.78, 5) is 29.5. The van der Waals surface area contributed by atoms with Gasteiger partial charge in [-0.25, -0.2) is 14.5 Å². The molecule has 2 aromatic carbocycles. The third-order valence-corrected chi connectivity index (χ3v) is 4.17. The topological polar surface area (TPSA) is 123 Å². The fourth-order valence-electron chi connectivity index (χ4n) is 2.73.